The summed E-state index contributed by atoms with van der Waals surface area (Å²) >= 11 is 1.82. The van der Waals surface area contributed by atoms with Crippen LogP contribution in [0.25, 0.3) is 0 Å². The first-order valence-electron chi connectivity index (χ1n) is 5.22. The predicted octanol–water partition coefficient (Wildman–Crippen LogP) is 3.44. The molecule has 0 radical (unpaired) electrons. The third-order valence-corrected chi connectivity index (χ3v) is 4.12. The topological polar surface area (TPSA) is 17.1 Å². The zero-order valence-corrected chi connectivity index (χ0v) is 9.40. The predicted molar refractivity (Wildman–Crippen MR) is 59.6 cm³/mol. The van der Waals surface area contributed by atoms with Crippen LogP contribution in [0.2, 0.25) is 0 Å². The van der Waals surface area contributed by atoms with Crippen LogP contribution in [0, 0.1) is 5.41 Å². The lowest BCUT2D eigenvalue weighted by molar-refractivity contribution is -0.118. The summed E-state index contributed by atoms with van der Waals surface area (Å²) in [5.41, 5.74) is 0.293. The highest BCUT2D eigenvalue weighted by atomic mass is 32.1. The van der Waals surface area contributed by atoms with Gasteiger partial charge in [-0.2, -0.15) is 0 Å². The quantitative estimate of drug-likeness (QED) is 0.743. The molecule has 0 amide bonds. The third kappa shape index (κ3) is 2.24. The fourth-order valence-corrected chi connectivity index (χ4v) is 2.90. The Hall–Kier alpha value is -0.630. The highest BCUT2D eigenvalue weighted by Crippen LogP contribution is 2.39. The zero-order chi connectivity index (χ0) is 10.0. The van der Waals surface area contributed by atoms with Crippen LogP contribution in [0.15, 0.2) is 17.5 Å². The molecule has 1 unspecified atom stereocenters. The number of hydrogen-bond donors (Lipinski definition) is 0. The van der Waals surface area contributed by atoms with Crippen molar-refractivity contribution in [1.29, 1.82) is 0 Å². The van der Waals surface area contributed by atoms with E-state index < -0.39 is 0 Å². The van der Waals surface area contributed by atoms with Crippen LogP contribution in [0.4, 0.5) is 0 Å². The molecule has 1 fully saturated rings. The number of thiophene rings is 1. The first-order valence-corrected chi connectivity index (χ1v) is 6.10. The Morgan fingerprint density at radius 1 is 1.57 bits per heavy atom. The average molecular weight is 208 g/mol. The summed E-state index contributed by atoms with van der Waals surface area (Å²) in [6.07, 6.45) is 5.01. The molecule has 0 aliphatic heterocycles. The molecule has 0 saturated heterocycles. The van der Waals surface area contributed by atoms with Crippen molar-refractivity contribution in [1.82, 2.24) is 0 Å². The number of rotatable bonds is 3. The maximum Gasteiger partial charge on any atom is 0.133 e. The Bertz CT molecular complexity index is 315. The van der Waals surface area contributed by atoms with Crippen LogP contribution in [0.5, 0.6) is 0 Å². The van der Waals surface area contributed by atoms with Gasteiger partial charge in [-0.3, -0.25) is 4.79 Å². The van der Waals surface area contributed by atoms with Crippen molar-refractivity contribution in [3.05, 3.63) is 22.4 Å². The van der Waals surface area contributed by atoms with Gasteiger partial charge in [0.25, 0.3) is 0 Å². The van der Waals surface area contributed by atoms with E-state index in [-0.39, 0.29) is 0 Å². The molecule has 1 heterocycles. The summed E-state index contributed by atoms with van der Waals surface area (Å²) in [6.45, 7) is 2.26. The number of ketones is 1. The van der Waals surface area contributed by atoms with Crippen LogP contribution in [0.1, 0.15) is 37.5 Å². The van der Waals surface area contributed by atoms with E-state index in [1.807, 2.05) is 11.3 Å². The number of hydrogen-bond acceptors (Lipinski definition) is 2. The van der Waals surface area contributed by atoms with E-state index in [0.717, 1.165) is 25.7 Å². The SMILES string of the molecule is CC1(CCc2cccs2)CCC(=O)C1. The van der Waals surface area contributed by atoms with E-state index in [9.17, 15) is 4.79 Å². The minimum atomic E-state index is 0.293. The van der Waals surface area contributed by atoms with E-state index >= 15 is 0 Å². The van der Waals surface area contributed by atoms with E-state index in [2.05, 4.69) is 24.4 Å². The average Bonchev–Trinajstić information content (AvgIpc) is 2.73. The summed E-state index contributed by atoms with van der Waals surface area (Å²) < 4.78 is 0. The first-order chi connectivity index (χ1) is 6.68. The van der Waals surface area contributed by atoms with Crippen LogP contribution >= 0.6 is 11.3 Å². The van der Waals surface area contributed by atoms with E-state index in [1.54, 1.807) is 0 Å². The summed E-state index contributed by atoms with van der Waals surface area (Å²) in [5, 5.41) is 2.12. The van der Waals surface area contributed by atoms with E-state index in [0.29, 0.717) is 11.2 Å². The molecule has 1 aromatic heterocycles. The minimum Gasteiger partial charge on any atom is -0.300 e. The molecule has 1 nitrogen and oxygen atoms in total. The van der Waals surface area contributed by atoms with Gasteiger partial charge in [0.05, 0.1) is 0 Å². The highest BCUT2D eigenvalue weighted by molar-refractivity contribution is 7.09. The van der Waals surface area contributed by atoms with Crippen molar-refractivity contribution in [2.24, 2.45) is 5.41 Å². The van der Waals surface area contributed by atoms with E-state index in [4.69, 9.17) is 0 Å². The molecule has 1 saturated carbocycles. The third-order valence-electron chi connectivity index (χ3n) is 3.19. The molecule has 0 aromatic carbocycles. The molecular weight excluding hydrogens is 192 g/mol. The molecule has 1 aliphatic carbocycles. The van der Waals surface area contributed by atoms with Gasteiger partial charge < -0.3 is 0 Å². The Morgan fingerprint density at radius 3 is 3.00 bits per heavy atom. The summed E-state index contributed by atoms with van der Waals surface area (Å²) in [4.78, 5) is 12.7. The first kappa shape index (κ1) is 9.91. The van der Waals surface area contributed by atoms with Crippen LogP contribution in [-0.4, -0.2) is 5.78 Å². The van der Waals surface area contributed by atoms with Gasteiger partial charge in [-0.15, -0.1) is 11.3 Å². The second-order valence-electron chi connectivity index (χ2n) is 4.61. The molecule has 14 heavy (non-hydrogen) atoms. The molecular formula is C12H16OS. The number of aryl methyl sites for hydroxylation is 1. The van der Waals surface area contributed by atoms with Crippen molar-refractivity contribution in [3.63, 3.8) is 0 Å². The monoisotopic (exact) mass is 208 g/mol. The number of carbonyl (C=O) groups is 1. The van der Waals surface area contributed by atoms with Crippen LogP contribution < -0.4 is 0 Å². The Balaban J connectivity index is 1.89. The maximum atomic E-state index is 11.2. The van der Waals surface area contributed by atoms with Gasteiger partial charge >= 0.3 is 0 Å². The number of Topliss-reactive ketones (excluding diaryl/α,β-unsaturated/α-hetero) is 1. The van der Waals surface area contributed by atoms with Crippen molar-refractivity contribution in [2.45, 2.75) is 39.0 Å². The van der Waals surface area contributed by atoms with Crippen LogP contribution in [0.3, 0.4) is 0 Å². The summed E-state index contributed by atoms with van der Waals surface area (Å²) in [7, 11) is 0. The maximum absolute atomic E-state index is 11.2. The van der Waals surface area contributed by atoms with Crippen molar-refractivity contribution < 1.29 is 4.79 Å². The standard InChI is InChI=1S/C12H16OS/c1-12(6-4-10(13)9-12)7-5-11-3-2-8-14-11/h2-3,8H,4-7,9H2,1H3. The second-order valence-corrected chi connectivity index (χ2v) is 5.64. The molecule has 1 aliphatic rings. The summed E-state index contributed by atoms with van der Waals surface area (Å²) in [5.74, 6) is 0.457. The fraction of sp³-hybridized carbons (Fsp3) is 0.583. The normalized spacial score (nSPS) is 27.1. The highest BCUT2D eigenvalue weighted by Gasteiger charge is 2.33. The van der Waals surface area contributed by atoms with Gasteiger partial charge in [-0.1, -0.05) is 13.0 Å². The molecule has 1 atom stereocenters. The Labute approximate surface area is 89.1 Å². The van der Waals surface area contributed by atoms with Crippen molar-refractivity contribution in [3.8, 4) is 0 Å². The molecule has 2 rings (SSSR count). The summed E-state index contributed by atoms with van der Waals surface area (Å²) in [6, 6.07) is 4.28. The lowest BCUT2D eigenvalue weighted by atomic mass is 9.84. The van der Waals surface area contributed by atoms with Crippen LogP contribution in [-0.2, 0) is 11.2 Å². The molecule has 0 spiro atoms. The molecule has 2 heteroatoms. The zero-order valence-electron chi connectivity index (χ0n) is 8.58. The minimum absolute atomic E-state index is 0.293. The van der Waals surface area contributed by atoms with Gasteiger partial charge in [0.15, 0.2) is 0 Å². The Kier molecular flexibility index (Phi) is 2.73. The van der Waals surface area contributed by atoms with Gasteiger partial charge in [0, 0.05) is 17.7 Å². The van der Waals surface area contributed by atoms with E-state index in [1.165, 1.54) is 11.3 Å². The lowest BCUT2D eigenvalue weighted by Gasteiger charge is -2.21. The van der Waals surface area contributed by atoms with Crippen molar-refractivity contribution >= 4 is 17.1 Å². The molecule has 1 aromatic rings. The van der Waals surface area contributed by atoms with Gasteiger partial charge in [0.2, 0.25) is 0 Å². The molecule has 76 valence electrons. The van der Waals surface area contributed by atoms with Gasteiger partial charge in [0.1, 0.15) is 5.78 Å². The fourth-order valence-electron chi connectivity index (χ4n) is 2.19. The molecule has 0 bridgehead atoms. The van der Waals surface area contributed by atoms with Gasteiger partial charge in [-0.25, -0.2) is 0 Å². The number of carbonyl (C=O) groups excluding carboxylic acids is 1. The Morgan fingerprint density at radius 2 is 2.43 bits per heavy atom. The second kappa shape index (κ2) is 3.85. The smallest absolute Gasteiger partial charge is 0.133 e. The van der Waals surface area contributed by atoms with Gasteiger partial charge in [-0.05, 0) is 36.1 Å². The molecule has 0 N–H and O–H groups in total. The van der Waals surface area contributed by atoms with Crippen molar-refractivity contribution in [2.75, 3.05) is 0 Å². The lowest BCUT2D eigenvalue weighted by Crippen LogP contribution is -2.12. The largest absolute Gasteiger partial charge is 0.300 e.